The van der Waals surface area contributed by atoms with Gasteiger partial charge in [0.2, 0.25) is 10.0 Å². The minimum atomic E-state index is -4.14. The van der Waals surface area contributed by atoms with Crippen molar-refractivity contribution in [2.24, 2.45) is 0 Å². The molecule has 1 aliphatic rings. The maximum atomic E-state index is 13.6. The van der Waals surface area contributed by atoms with E-state index >= 15 is 0 Å². The van der Waals surface area contributed by atoms with Crippen molar-refractivity contribution < 1.29 is 32.2 Å². The van der Waals surface area contributed by atoms with Crippen molar-refractivity contribution >= 4 is 27.5 Å². The smallest absolute Gasteiger partial charge is 0.336 e. The van der Waals surface area contributed by atoms with Gasteiger partial charge in [-0.05, 0) is 56.2 Å². The van der Waals surface area contributed by atoms with Gasteiger partial charge in [0.15, 0.2) is 6.04 Å². The van der Waals surface area contributed by atoms with Crippen LogP contribution >= 0.6 is 0 Å². The standard InChI is InChI=1S/C24H27NO7S/c1-5-31-23(26)21-20(17-9-11-18(30-4)12-10-17)15-25(22(21)24(27)32-6-2)33(28,29)19-13-7-16(3)8-14-19/h7-14,22H,5-6,15H2,1-4H3. The average molecular weight is 474 g/mol. The molecule has 9 heteroatoms. The molecule has 2 aromatic rings. The normalized spacial score (nSPS) is 16.5. The van der Waals surface area contributed by atoms with Crippen LogP contribution in [0.2, 0.25) is 0 Å². The Kier molecular flexibility index (Phi) is 7.55. The lowest BCUT2D eigenvalue weighted by Crippen LogP contribution is -2.44. The van der Waals surface area contributed by atoms with Gasteiger partial charge in [-0.2, -0.15) is 4.31 Å². The largest absolute Gasteiger partial charge is 0.497 e. The van der Waals surface area contributed by atoms with Gasteiger partial charge in [0.05, 0.1) is 30.8 Å². The van der Waals surface area contributed by atoms with Crippen LogP contribution in [-0.4, -0.2) is 57.6 Å². The number of rotatable bonds is 8. The zero-order chi connectivity index (χ0) is 24.2. The topological polar surface area (TPSA) is 99.2 Å². The molecule has 8 nitrogen and oxygen atoms in total. The van der Waals surface area contributed by atoms with Crippen LogP contribution in [0.25, 0.3) is 5.57 Å². The number of nitrogens with zero attached hydrogens (tertiary/aromatic N) is 1. The Morgan fingerprint density at radius 1 is 0.970 bits per heavy atom. The Labute approximate surface area is 193 Å². The molecule has 0 aromatic heterocycles. The first kappa shape index (κ1) is 24.5. The number of carbonyl (C=O) groups excluding carboxylic acids is 2. The van der Waals surface area contributed by atoms with Crippen LogP contribution in [0.5, 0.6) is 5.75 Å². The lowest BCUT2D eigenvalue weighted by molar-refractivity contribution is -0.149. The number of aryl methyl sites for hydroxylation is 1. The van der Waals surface area contributed by atoms with Crippen LogP contribution in [0, 0.1) is 6.92 Å². The number of sulfonamides is 1. The second kappa shape index (κ2) is 10.2. The van der Waals surface area contributed by atoms with Gasteiger partial charge in [-0.25, -0.2) is 18.0 Å². The van der Waals surface area contributed by atoms with Gasteiger partial charge >= 0.3 is 11.9 Å². The SMILES string of the molecule is CCOC(=O)C1=C(c2ccc(OC)cc2)CN(S(=O)(=O)c2ccc(C)cc2)C1C(=O)OCC. The Morgan fingerprint density at radius 2 is 1.58 bits per heavy atom. The molecule has 3 rings (SSSR count). The molecule has 2 aromatic carbocycles. The third-order valence-corrected chi connectivity index (χ3v) is 7.10. The van der Waals surface area contributed by atoms with E-state index < -0.39 is 28.0 Å². The van der Waals surface area contributed by atoms with Gasteiger partial charge in [-0.1, -0.05) is 29.8 Å². The number of hydrogen-bond acceptors (Lipinski definition) is 7. The average Bonchev–Trinajstić information content (AvgIpc) is 3.21. The molecule has 0 amide bonds. The number of carbonyl (C=O) groups is 2. The summed E-state index contributed by atoms with van der Waals surface area (Å²) in [6.45, 7) is 5.00. The molecule has 176 valence electrons. The van der Waals surface area contributed by atoms with Crippen molar-refractivity contribution in [3.05, 3.63) is 65.2 Å². The van der Waals surface area contributed by atoms with Crippen LogP contribution in [-0.2, 0) is 29.1 Å². The minimum absolute atomic E-state index is 0.0154. The maximum absolute atomic E-state index is 13.6. The third kappa shape index (κ3) is 4.94. The third-order valence-electron chi connectivity index (χ3n) is 5.27. The second-order valence-corrected chi connectivity index (χ2v) is 9.25. The van der Waals surface area contributed by atoms with Gasteiger partial charge in [0, 0.05) is 6.54 Å². The van der Waals surface area contributed by atoms with Crippen molar-refractivity contribution in [1.82, 2.24) is 4.31 Å². The highest BCUT2D eigenvalue weighted by atomic mass is 32.2. The molecule has 0 N–H and O–H groups in total. The summed E-state index contributed by atoms with van der Waals surface area (Å²) in [7, 11) is -2.62. The Balaban J connectivity index is 2.18. The summed E-state index contributed by atoms with van der Waals surface area (Å²) in [5.41, 5.74) is 1.80. The van der Waals surface area contributed by atoms with Crippen LogP contribution in [0.4, 0.5) is 0 Å². The highest BCUT2D eigenvalue weighted by Gasteiger charge is 2.48. The van der Waals surface area contributed by atoms with Crippen LogP contribution in [0.3, 0.4) is 0 Å². The van der Waals surface area contributed by atoms with Gasteiger partial charge in [0.1, 0.15) is 5.75 Å². The summed E-state index contributed by atoms with van der Waals surface area (Å²) >= 11 is 0. The summed E-state index contributed by atoms with van der Waals surface area (Å²) in [6.07, 6.45) is 0. The molecular weight excluding hydrogens is 446 g/mol. The van der Waals surface area contributed by atoms with Crippen molar-refractivity contribution in [2.75, 3.05) is 26.9 Å². The van der Waals surface area contributed by atoms with Crippen LogP contribution in [0.1, 0.15) is 25.0 Å². The fraction of sp³-hybridized carbons (Fsp3) is 0.333. The predicted molar refractivity (Wildman–Crippen MR) is 122 cm³/mol. The molecule has 1 heterocycles. The molecule has 0 spiro atoms. The van der Waals surface area contributed by atoms with E-state index in [9.17, 15) is 18.0 Å². The number of hydrogen-bond donors (Lipinski definition) is 0. The molecule has 0 fully saturated rings. The highest BCUT2D eigenvalue weighted by Crippen LogP contribution is 2.37. The fourth-order valence-corrected chi connectivity index (χ4v) is 5.17. The number of ether oxygens (including phenoxy) is 3. The zero-order valence-corrected chi connectivity index (χ0v) is 19.8. The molecular formula is C24H27NO7S. The maximum Gasteiger partial charge on any atom is 0.336 e. The van der Waals surface area contributed by atoms with Crippen molar-refractivity contribution in [3.63, 3.8) is 0 Å². The van der Waals surface area contributed by atoms with E-state index in [1.54, 1.807) is 50.2 Å². The van der Waals surface area contributed by atoms with Crippen LogP contribution < -0.4 is 4.74 Å². The lowest BCUT2D eigenvalue weighted by atomic mass is 9.99. The predicted octanol–water partition coefficient (Wildman–Crippen LogP) is 2.96. The van der Waals surface area contributed by atoms with E-state index in [0.29, 0.717) is 16.9 Å². The van der Waals surface area contributed by atoms with Gasteiger partial charge in [0.25, 0.3) is 0 Å². The number of methoxy groups -OCH3 is 1. The summed E-state index contributed by atoms with van der Waals surface area (Å²) < 4.78 is 43.8. The number of benzene rings is 2. The van der Waals surface area contributed by atoms with Crippen LogP contribution in [0.15, 0.2) is 59.0 Å². The van der Waals surface area contributed by atoms with E-state index in [0.717, 1.165) is 9.87 Å². The first-order valence-electron chi connectivity index (χ1n) is 10.5. The van der Waals surface area contributed by atoms with Crippen molar-refractivity contribution in [1.29, 1.82) is 0 Å². The van der Waals surface area contributed by atoms with Crippen molar-refractivity contribution in [3.8, 4) is 5.75 Å². The molecule has 1 aliphatic heterocycles. The number of esters is 2. The monoisotopic (exact) mass is 473 g/mol. The van der Waals surface area contributed by atoms with Gasteiger partial charge in [-0.15, -0.1) is 0 Å². The van der Waals surface area contributed by atoms with E-state index in [1.165, 1.54) is 19.2 Å². The lowest BCUT2D eigenvalue weighted by Gasteiger charge is -2.24. The Bertz CT molecular complexity index is 1150. The summed E-state index contributed by atoms with van der Waals surface area (Å²) in [5.74, 6) is -0.996. The first-order valence-corrected chi connectivity index (χ1v) is 12.0. The molecule has 0 bridgehead atoms. The molecule has 0 saturated carbocycles. The molecule has 1 unspecified atom stereocenters. The van der Waals surface area contributed by atoms with E-state index in [4.69, 9.17) is 14.2 Å². The quantitative estimate of drug-likeness (QED) is 0.544. The zero-order valence-electron chi connectivity index (χ0n) is 19.0. The van der Waals surface area contributed by atoms with E-state index in [2.05, 4.69) is 0 Å². The molecule has 0 aliphatic carbocycles. The summed E-state index contributed by atoms with van der Waals surface area (Å²) in [6, 6.07) is 11.6. The fourth-order valence-electron chi connectivity index (χ4n) is 3.65. The van der Waals surface area contributed by atoms with Gasteiger partial charge in [-0.3, -0.25) is 0 Å². The first-order chi connectivity index (χ1) is 15.7. The van der Waals surface area contributed by atoms with E-state index in [-0.39, 0.29) is 30.2 Å². The minimum Gasteiger partial charge on any atom is -0.497 e. The molecule has 33 heavy (non-hydrogen) atoms. The molecule has 0 saturated heterocycles. The van der Waals surface area contributed by atoms with E-state index in [1.807, 2.05) is 6.92 Å². The highest BCUT2D eigenvalue weighted by molar-refractivity contribution is 7.89. The Morgan fingerprint density at radius 3 is 2.12 bits per heavy atom. The Hall–Kier alpha value is -3.17. The van der Waals surface area contributed by atoms with Gasteiger partial charge < -0.3 is 14.2 Å². The summed E-state index contributed by atoms with van der Waals surface area (Å²) in [4.78, 5) is 26.0. The second-order valence-electron chi connectivity index (χ2n) is 7.36. The summed E-state index contributed by atoms with van der Waals surface area (Å²) in [5, 5.41) is 0. The molecule has 0 radical (unpaired) electrons. The van der Waals surface area contributed by atoms with Crippen molar-refractivity contribution in [2.45, 2.75) is 31.7 Å². The molecule has 1 atom stereocenters.